The van der Waals surface area contributed by atoms with Crippen molar-refractivity contribution >= 4 is 17.4 Å². The number of Topliss-reactive ketones (excluding diaryl/α,β-unsaturated/α-hetero) is 1. The van der Waals surface area contributed by atoms with Crippen LogP contribution in [-0.2, 0) is 0 Å². The normalized spacial score (nSPS) is 19.4. The number of benzene rings is 1. The molecule has 2 N–H and O–H groups in total. The van der Waals surface area contributed by atoms with Gasteiger partial charge in [-0.2, -0.15) is 0 Å². The summed E-state index contributed by atoms with van der Waals surface area (Å²) in [6.45, 7) is 4.75. The molecule has 0 saturated carbocycles. The number of piperidine rings is 1. The molecule has 2 aliphatic heterocycles. The third kappa shape index (κ3) is 4.40. The summed E-state index contributed by atoms with van der Waals surface area (Å²) in [6, 6.07) is 7.24. The van der Waals surface area contributed by atoms with Gasteiger partial charge in [0.1, 0.15) is 0 Å². The predicted octanol–water partition coefficient (Wildman–Crippen LogP) is 2.91. The fourth-order valence-corrected chi connectivity index (χ4v) is 3.45. The Kier molecular flexibility index (Phi) is 5.59. The number of nitrogens with zero attached hydrogens (tertiary/aromatic N) is 2. The van der Waals surface area contributed by atoms with Crippen LogP contribution < -0.4 is 5.73 Å². The van der Waals surface area contributed by atoms with Crippen molar-refractivity contribution in [3.8, 4) is 0 Å². The quantitative estimate of drug-likeness (QED) is 0.834. The minimum Gasteiger partial charge on any atom is -0.401 e. The Morgan fingerprint density at radius 1 is 1.17 bits per heavy atom. The molecule has 5 heteroatoms. The SMILES string of the molecule is NC1=CC=CN(CCN2CCC(C(=O)c3ccc(Cl)cc3)CC2)C1. The van der Waals surface area contributed by atoms with E-state index in [2.05, 4.69) is 16.0 Å². The fraction of sp³-hybridized carbons (Fsp3) is 0.421. The summed E-state index contributed by atoms with van der Waals surface area (Å²) < 4.78 is 0. The number of hydrogen-bond acceptors (Lipinski definition) is 4. The van der Waals surface area contributed by atoms with E-state index in [9.17, 15) is 4.79 Å². The van der Waals surface area contributed by atoms with Gasteiger partial charge in [-0.05, 0) is 68.5 Å². The Morgan fingerprint density at radius 3 is 2.54 bits per heavy atom. The Balaban J connectivity index is 1.44. The van der Waals surface area contributed by atoms with Crippen LogP contribution in [0.5, 0.6) is 0 Å². The van der Waals surface area contributed by atoms with Gasteiger partial charge in [0, 0.05) is 35.3 Å². The molecule has 128 valence electrons. The van der Waals surface area contributed by atoms with E-state index < -0.39 is 0 Å². The van der Waals surface area contributed by atoms with Gasteiger partial charge >= 0.3 is 0 Å². The second kappa shape index (κ2) is 7.86. The molecule has 0 unspecified atom stereocenters. The predicted molar refractivity (Wildman–Crippen MR) is 97.9 cm³/mol. The first-order chi connectivity index (χ1) is 11.6. The second-order valence-corrected chi connectivity index (χ2v) is 6.98. The Labute approximate surface area is 148 Å². The van der Waals surface area contributed by atoms with Crippen LogP contribution in [0.1, 0.15) is 23.2 Å². The zero-order valence-electron chi connectivity index (χ0n) is 13.8. The number of carbonyl (C=O) groups is 1. The molecule has 1 aromatic rings. The van der Waals surface area contributed by atoms with E-state index in [4.69, 9.17) is 17.3 Å². The van der Waals surface area contributed by atoms with Gasteiger partial charge in [0.2, 0.25) is 0 Å². The summed E-state index contributed by atoms with van der Waals surface area (Å²) in [4.78, 5) is 17.2. The van der Waals surface area contributed by atoms with E-state index in [-0.39, 0.29) is 11.7 Å². The molecule has 0 aliphatic carbocycles. The van der Waals surface area contributed by atoms with E-state index in [1.807, 2.05) is 24.3 Å². The van der Waals surface area contributed by atoms with Gasteiger partial charge in [-0.1, -0.05) is 11.6 Å². The third-order valence-corrected chi connectivity index (χ3v) is 5.04. The first-order valence-corrected chi connectivity index (χ1v) is 8.88. The van der Waals surface area contributed by atoms with Crippen molar-refractivity contribution in [1.82, 2.24) is 9.80 Å². The van der Waals surface area contributed by atoms with E-state index in [1.54, 1.807) is 12.1 Å². The van der Waals surface area contributed by atoms with Crippen molar-refractivity contribution in [1.29, 1.82) is 0 Å². The zero-order chi connectivity index (χ0) is 16.9. The summed E-state index contributed by atoms with van der Waals surface area (Å²) in [5, 5.41) is 0.670. The highest BCUT2D eigenvalue weighted by Crippen LogP contribution is 2.22. The zero-order valence-corrected chi connectivity index (χ0v) is 14.6. The van der Waals surface area contributed by atoms with Crippen LogP contribution in [0.15, 0.2) is 48.3 Å². The van der Waals surface area contributed by atoms with Crippen LogP contribution in [0, 0.1) is 5.92 Å². The molecule has 0 bridgehead atoms. The van der Waals surface area contributed by atoms with Gasteiger partial charge in [0.15, 0.2) is 5.78 Å². The van der Waals surface area contributed by atoms with Gasteiger partial charge in [-0.15, -0.1) is 0 Å². The number of allylic oxidation sites excluding steroid dienone is 2. The van der Waals surface area contributed by atoms with Gasteiger partial charge in [-0.3, -0.25) is 4.79 Å². The van der Waals surface area contributed by atoms with Crippen molar-refractivity contribution in [3.05, 3.63) is 58.9 Å². The first-order valence-electron chi connectivity index (χ1n) is 8.51. The number of halogens is 1. The molecule has 0 atom stereocenters. The number of likely N-dealkylation sites (tertiary alicyclic amines) is 1. The summed E-state index contributed by atoms with van der Waals surface area (Å²) in [7, 11) is 0. The summed E-state index contributed by atoms with van der Waals surface area (Å²) in [5.41, 5.74) is 7.54. The standard InChI is InChI=1S/C19H24ClN3O/c20-17-5-3-15(4-6-17)19(24)16-7-10-22(11-8-16)12-13-23-9-1-2-18(21)14-23/h1-6,9,16H,7-8,10-14,21H2. The van der Waals surface area contributed by atoms with Gasteiger partial charge in [0.05, 0.1) is 6.54 Å². The second-order valence-electron chi connectivity index (χ2n) is 6.54. The average Bonchev–Trinajstić information content (AvgIpc) is 2.61. The Hall–Kier alpha value is -1.78. The molecule has 1 saturated heterocycles. The fourth-order valence-electron chi connectivity index (χ4n) is 3.32. The maximum atomic E-state index is 12.6. The van der Waals surface area contributed by atoms with Crippen LogP contribution >= 0.6 is 11.6 Å². The molecule has 1 aromatic carbocycles. The van der Waals surface area contributed by atoms with Gasteiger partial charge < -0.3 is 15.5 Å². The highest BCUT2D eigenvalue weighted by atomic mass is 35.5. The minimum absolute atomic E-state index is 0.135. The van der Waals surface area contributed by atoms with Crippen molar-refractivity contribution in [2.45, 2.75) is 12.8 Å². The lowest BCUT2D eigenvalue weighted by Crippen LogP contribution is -2.41. The van der Waals surface area contributed by atoms with Crippen molar-refractivity contribution in [3.63, 3.8) is 0 Å². The number of nitrogens with two attached hydrogens (primary N) is 1. The number of ketones is 1. The van der Waals surface area contributed by atoms with Gasteiger partial charge in [-0.25, -0.2) is 0 Å². The molecular formula is C19H24ClN3O. The van der Waals surface area contributed by atoms with Crippen LogP contribution in [0.2, 0.25) is 5.02 Å². The molecule has 4 nitrogen and oxygen atoms in total. The van der Waals surface area contributed by atoms with E-state index in [1.165, 1.54) is 0 Å². The average molecular weight is 346 g/mol. The molecule has 0 radical (unpaired) electrons. The number of carbonyl (C=O) groups excluding carboxylic acids is 1. The maximum Gasteiger partial charge on any atom is 0.166 e. The molecule has 2 heterocycles. The van der Waals surface area contributed by atoms with E-state index in [0.717, 1.165) is 56.8 Å². The molecule has 0 amide bonds. The molecule has 1 fully saturated rings. The monoisotopic (exact) mass is 345 g/mol. The number of hydrogen-bond donors (Lipinski definition) is 1. The lowest BCUT2D eigenvalue weighted by atomic mass is 9.89. The minimum atomic E-state index is 0.135. The molecule has 24 heavy (non-hydrogen) atoms. The van der Waals surface area contributed by atoms with Crippen LogP contribution in [0.3, 0.4) is 0 Å². The molecular weight excluding hydrogens is 322 g/mol. The Morgan fingerprint density at radius 2 is 1.88 bits per heavy atom. The maximum absolute atomic E-state index is 12.6. The topological polar surface area (TPSA) is 49.6 Å². The highest BCUT2D eigenvalue weighted by Gasteiger charge is 2.25. The molecule has 0 spiro atoms. The highest BCUT2D eigenvalue weighted by molar-refractivity contribution is 6.30. The van der Waals surface area contributed by atoms with E-state index in [0.29, 0.717) is 5.02 Å². The van der Waals surface area contributed by atoms with Crippen molar-refractivity contribution in [2.24, 2.45) is 11.7 Å². The molecule has 0 aromatic heterocycles. The third-order valence-electron chi connectivity index (χ3n) is 4.78. The van der Waals surface area contributed by atoms with Crippen LogP contribution in [-0.4, -0.2) is 48.3 Å². The van der Waals surface area contributed by atoms with Crippen molar-refractivity contribution < 1.29 is 4.79 Å². The lowest BCUT2D eigenvalue weighted by molar-refractivity contribution is 0.0835. The van der Waals surface area contributed by atoms with Gasteiger partial charge in [0.25, 0.3) is 0 Å². The number of rotatable bonds is 5. The summed E-state index contributed by atoms with van der Waals surface area (Å²) >= 11 is 5.89. The smallest absolute Gasteiger partial charge is 0.166 e. The van der Waals surface area contributed by atoms with Crippen molar-refractivity contribution in [2.75, 3.05) is 32.7 Å². The first kappa shape index (κ1) is 17.1. The lowest BCUT2D eigenvalue weighted by Gasteiger charge is -2.33. The molecule has 2 aliphatic rings. The largest absolute Gasteiger partial charge is 0.401 e. The molecule has 3 rings (SSSR count). The summed E-state index contributed by atoms with van der Waals surface area (Å²) in [6.07, 6.45) is 7.89. The van der Waals surface area contributed by atoms with Crippen LogP contribution in [0.25, 0.3) is 0 Å². The van der Waals surface area contributed by atoms with E-state index >= 15 is 0 Å². The van der Waals surface area contributed by atoms with Crippen LogP contribution in [0.4, 0.5) is 0 Å². The Bertz CT molecular complexity index is 631. The summed E-state index contributed by atoms with van der Waals surface area (Å²) in [5.74, 6) is 0.388.